The number of anilines is 3. The van der Waals surface area contributed by atoms with Crippen LogP contribution in [0, 0.1) is 0 Å². The van der Waals surface area contributed by atoms with Gasteiger partial charge in [0.2, 0.25) is 5.95 Å². The summed E-state index contributed by atoms with van der Waals surface area (Å²) in [4.78, 5) is 15.3. The molecule has 0 amide bonds. The first-order valence-electron chi connectivity index (χ1n) is 13.2. The van der Waals surface area contributed by atoms with E-state index >= 15 is 0 Å². The molecule has 7 nitrogen and oxygen atoms in total. The molecule has 0 atom stereocenters. The number of likely N-dealkylation sites (tertiary alicyclic amines) is 1. The summed E-state index contributed by atoms with van der Waals surface area (Å²) in [6.07, 6.45) is 8.76. The first-order chi connectivity index (χ1) is 17.3. The largest absolute Gasteiger partial charge is 0.433 e. The Balaban J connectivity index is 1.34. The average molecular weight is 505 g/mol. The van der Waals surface area contributed by atoms with E-state index in [1.54, 1.807) is 0 Å². The van der Waals surface area contributed by atoms with Gasteiger partial charge in [0.05, 0.1) is 6.10 Å². The number of hydrogen-bond acceptors (Lipinski definition) is 7. The monoisotopic (exact) mass is 504 g/mol. The molecule has 5 rings (SSSR count). The van der Waals surface area contributed by atoms with Crippen LogP contribution in [0.25, 0.3) is 0 Å². The minimum atomic E-state index is -4.52. The number of rotatable bonds is 6. The molecule has 0 aromatic carbocycles. The molecule has 1 saturated heterocycles. The van der Waals surface area contributed by atoms with E-state index < -0.39 is 11.9 Å². The van der Waals surface area contributed by atoms with Crippen LogP contribution in [-0.4, -0.2) is 56.2 Å². The van der Waals surface area contributed by atoms with Crippen LogP contribution in [0.5, 0.6) is 0 Å². The third kappa shape index (κ3) is 6.08. The Labute approximate surface area is 209 Å². The van der Waals surface area contributed by atoms with Gasteiger partial charge in [-0.15, -0.1) is 0 Å². The smallest absolute Gasteiger partial charge is 0.393 e. The quantitative estimate of drug-likeness (QED) is 0.481. The van der Waals surface area contributed by atoms with Gasteiger partial charge in [0.25, 0.3) is 0 Å². The number of alkyl halides is 3. The standard InChI is InChI=1S/C26H35F3N6O/c27-26(28,29)23-15-19(9-12-30-23)33-25-31-16-22(24(34-25)32-18-5-7-21(36)8-6-18)17-10-13-35(14-11-17)20-3-1-2-4-20/h9,12,15-18,20-21,36H,1-8,10-11,13-14H2,(H2,30,31,32,33,34)/t18-,21-. The zero-order valence-electron chi connectivity index (χ0n) is 20.5. The minimum Gasteiger partial charge on any atom is -0.393 e. The van der Waals surface area contributed by atoms with Gasteiger partial charge >= 0.3 is 6.18 Å². The normalized spacial score (nSPS) is 24.7. The van der Waals surface area contributed by atoms with Crippen LogP contribution in [0.15, 0.2) is 24.5 Å². The van der Waals surface area contributed by atoms with Crippen molar-refractivity contribution in [3.63, 3.8) is 0 Å². The van der Waals surface area contributed by atoms with Crippen LogP contribution in [0.4, 0.5) is 30.6 Å². The molecule has 1 aliphatic heterocycles. The second kappa shape index (κ2) is 10.9. The lowest BCUT2D eigenvalue weighted by atomic mass is 9.88. The molecular formula is C26H35F3N6O. The fourth-order valence-electron chi connectivity index (χ4n) is 5.92. The molecule has 10 heteroatoms. The molecule has 0 bridgehead atoms. The maximum atomic E-state index is 13.1. The van der Waals surface area contributed by atoms with Crippen molar-refractivity contribution in [3.05, 3.63) is 35.8 Å². The summed E-state index contributed by atoms with van der Waals surface area (Å²) in [5.74, 6) is 1.34. The van der Waals surface area contributed by atoms with Crippen LogP contribution in [0.2, 0.25) is 0 Å². The predicted octanol–water partition coefficient (Wildman–Crippen LogP) is 5.47. The molecule has 2 saturated carbocycles. The first kappa shape index (κ1) is 25.2. The number of nitrogens with one attached hydrogen (secondary N) is 2. The Morgan fingerprint density at radius 3 is 2.36 bits per heavy atom. The van der Waals surface area contributed by atoms with Crippen molar-refractivity contribution < 1.29 is 18.3 Å². The van der Waals surface area contributed by atoms with Gasteiger partial charge in [-0.05, 0) is 82.5 Å². The molecule has 3 heterocycles. The topological polar surface area (TPSA) is 86.2 Å². The summed E-state index contributed by atoms with van der Waals surface area (Å²) in [5, 5.41) is 16.4. The van der Waals surface area contributed by atoms with E-state index in [2.05, 4.69) is 25.5 Å². The van der Waals surface area contributed by atoms with Crippen molar-refractivity contribution >= 4 is 17.5 Å². The SMILES string of the molecule is O[C@H]1CC[C@H](Nc2nc(Nc3ccnc(C(F)(F)F)c3)ncc2C2CCN(C3CCCC3)CC2)CC1. The highest BCUT2D eigenvalue weighted by molar-refractivity contribution is 5.57. The summed E-state index contributed by atoms with van der Waals surface area (Å²) in [5.41, 5.74) is 0.349. The van der Waals surface area contributed by atoms with E-state index in [4.69, 9.17) is 4.98 Å². The third-order valence-corrected chi connectivity index (χ3v) is 7.97. The van der Waals surface area contributed by atoms with Gasteiger partial charge in [0, 0.05) is 35.7 Å². The second-order valence-corrected chi connectivity index (χ2v) is 10.4. The Hall–Kier alpha value is -2.46. The Kier molecular flexibility index (Phi) is 7.62. The zero-order chi connectivity index (χ0) is 25.1. The summed E-state index contributed by atoms with van der Waals surface area (Å²) in [6.45, 7) is 2.14. The molecule has 0 unspecified atom stereocenters. The maximum Gasteiger partial charge on any atom is 0.433 e. The van der Waals surface area contributed by atoms with Gasteiger partial charge in [0.15, 0.2) is 0 Å². The lowest BCUT2D eigenvalue weighted by Crippen LogP contribution is -2.39. The average Bonchev–Trinajstić information content (AvgIpc) is 3.41. The van der Waals surface area contributed by atoms with Crippen molar-refractivity contribution in [2.45, 2.75) is 94.5 Å². The molecule has 196 valence electrons. The highest BCUT2D eigenvalue weighted by Crippen LogP contribution is 2.36. The van der Waals surface area contributed by atoms with Gasteiger partial charge in [-0.1, -0.05) is 12.8 Å². The van der Waals surface area contributed by atoms with E-state index in [1.165, 1.54) is 31.7 Å². The highest BCUT2D eigenvalue weighted by atomic mass is 19.4. The molecule has 3 fully saturated rings. The summed E-state index contributed by atoms with van der Waals surface area (Å²) in [7, 11) is 0. The summed E-state index contributed by atoms with van der Waals surface area (Å²) >= 11 is 0. The van der Waals surface area contributed by atoms with Crippen molar-refractivity contribution in [3.8, 4) is 0 Å². The Morgan fingerprint density at radius 1 is 0.944 bits per heavy atom. The number of nitrogens with zero attached hydrogens (tertiary/aromatic N) is 4. The Bertz CT molecular complexity index is 1010. The number of aromatic nitrogens is 3. The van der Waals surface area contributed by atoms with Crippen molar-refractivity contribution in [2.24, 2.45) is 0 Å². The summed E-state index contributed by atoms with van der Waals surface area (Å²) in [6, 6.07) is 3.36. The van der Waals surface area contributed by atoms with E-state index in [9.17, 15) is 18.3 Å². The van der Waals surface area contributed by atoms with Crippen LogP contribution in [0.1, 0.15) is 81.4 Å². The number of aliphatic hydroxyl groups is 1. The lowest BCUT2D eigenvalue weighted by Gasteiger charge is -2.36. The van der Waals surface area contributed by atoms with Crippen LogP contribution in [-0.2, 0) is 6.18 Å². The van der Waals surface area contributed by atoms with E-state index in [0.717, 1.165) is 81.3 Å². The molecule has 0 radical (unpaired) electrons. The van der Waals surface area contributed by atoms with Gasteiger partial charge in [-0.3, -0.25) is 4.98 Å². The molecule has 2 aliphatic carbocycles. The van der Waals surface area contributed by atoms with Crippen molar-refractivity contribution in [1.29, 1.82) is 0 Å². The molecule has 3 aliphatic rings. The van der Waals surface area contributed by atoms with Crippen molar-refractivity contribution in [2.75, 3.05) is 23.7 Å². The number of pyridine rings is 1. The molecule has 2 aromatic rings. The van der Waals surface area contributed by atoms with Crippen LogP contribution < -0.4 is 10.6 Å². The fourth-order valence-corrected chi connectivity index (χ4v) is 5.92. The molecular weight excluding hydrogens is 469 g/mol. The maximum absolute atomic E-state index is 13.1. The fraction of sp³-hybridized carbons (Fsp3) is 0.654. The predicted molar refractivity (Wildman–Crippen MR) is 132 cm³/mol. The highest BCUT2D eigenvalue weighted by Gasteiger charge is 2.33. The number of piperidine rings is 1. The summed E-state index contributed by atoms with van der Waals surface area (Å²) < 4.78 is 39.3. The van der Waals surface area contributed by atoms with Crippen LogP contribution >= 0.6 is 0 Å². The number of aliphatic hydroxyl groups excluding tert-OH is 1. The van der Waals surface area contributed by atoms with E-state index in [0.29, 0.717) is 5.92 Å². The Morgan fingerprint density at radius 2 is 1.67 bits per heavy atom. The number of hydrogen-bond donors (Lipinski definition) is 3. The second-order valence-electron chi connectivity index (χ2n) is 10.4. The molecule has 2 aromatic heterocycles. The first-order valence-corrected chi connectivity index (χ1v) is 13.2. The zero-order valence-corrected chi connectivity index (χ0v) is 20.5. The van der Waals surface area contributed by atoms with E-state index in [-0.39, 0.29) is 23.8 Å². The van der Waals surface area contributed by atoms with Gasteiger partial charge in [-0.2, -0.15) is 18.2 Å². The third-order valence-electron chi connectivity index (χ3n) is 7.97. The molecule has 3 N–H and O–H groups in total. The lowest BCUT2D eigenvalue weighted by molar-refractivity contribution is -0.141. The van der Waals surface area contributed by atoms with E-state index in [1.807, 2.05) is 6.20 Å². The van der Waals surface area contributed by atoms with Crippen LogP contribution in [0.3, 0.4) is 0 Å². The van der Waals surface area contributed by atoms with Crippen molar-refractivity contribution in [1.82, 2.24) is 19.9 Å². The van der Waals surface area contributed by atoms with Gasteiger partial charge in [-0.25, -0.2) is 4.98 Å². The number of halogens is 3. The molecule has 36 heavy (non-hydrogen) atoms. The molecule has 0 spiro atoms. The van der Waals surface area contributed by atoms with Gasteiger partial charge < -0.3 is 20.6 Å². The minimum absolute atomic E-state index is 0.200. The van der Waals surface area contributed by atoms with Gasteiger partial charge in [0.1, 0.15) is 11.5 Å².